The molecule has 2 heterocycles. The van der Waals surface area contributed by atoms with E-state index in [1.54, 1.807) is 11.3 Å². The Bertz CT molecular complexity index is 668. The monoisotopic (exact) mass is 337 g/mol. The van der Waals surface area contributed by atoms with Gasteiger partial charge in [0.05, 0.1) is 25.3 Å². The summed E-state index contributed by atoms with van der Waals surface area (Å²) in [7, 11) is 1.48. The lowest BCUT2D eigenvalue weighted by molar-refractivity contribution is 0.123. The van der Waals surface area contributed by atoms with E-state index < -0.39 is 5.82 Å². The van der Waals surface area contributed by atoms with Crippen LogP contribution >= 0.6 is 11.3 Å². The summed E-state index contributed by atoms with van der Waals surface area (Å²) in [5, 5.41) is 12.3. The maximum Gasteiger partial charge on any atom is 0.165 e. The molecule has 1 aromatic heterocycles. The van der Waals surface area contributed by atoms with Gasteiger partial charge in [-0.25, -0.2) is 4.39 Å². The zero-order valence-electron chi connectivity index (χ0n) is 13.0. The molecule has 1 aliphatic heterocycles. The summed E-state index contributed by atoms with van der Waals surface area (Å²) >= 11 is 1.64. The van der Waals surface area contributed by atoms with Crippen LogP contribution in [-0.2, 0) is 11.2 Å². The average Bonchev–Trinajstić information content (AvgIpc) is 3.05. The van der Waals surface area contributed by atoms with E-state index in [-0.39, 0.29) is 12.4 Å². The number of anilines is 1. The van der Waals surface area contributed by atoms with Crippen molar-refractivity contribution in [2.24, 2.45) is 0 Å². The molecular weight excluding hydrogens is 317 g/mol. The molecule has 0 saturated carbocycles. The Hall–Kier alpha value is -1.63. The van der Waals surface area contributed by atoms with Crippen LogP contribution in [0.2, 0.25) is 0 Å². The van der Waals surface area contributed by atoms with E-state index in [0.29, 0.717) is 6.42 Å². The fraction of sp³-hybridized carbons (Fsp3) is 0.412. The van der Waals surface area contributed by atoms with Crippen LogP contribution in [0.1, 0.15) is 5.56 Å². The first-order chi connectivity index (χ1) is 11.2. The standard InChI is InChI=1S/C17H20FNO3S/c1-21-17-14(8-12(2-5-20)9-15(17)18)13-10-16(23-11-13)19-3-6-22-7-4-19/h8-11,20H,2-7H2,1H3. The summed E-state index contributed by atoms with van der Waals surface area (Å²) in [4.78, 5) is 2.28. The molecular formula is C17H20FNO3S. The van der Waals surface area contributed by atoms with Crippen LogP contribution in [0.5, 0.6) is 5.75 Å². The molecule has 3 rings (SSSR count). The molecule has 4 nitrogen and oxygen atoms in total. The SMILES string of the molecule is COc1c(F)cc(CCO)cc1-c1csc(N2CCOCC2)c1. The van der Waals surface area contributed by atoms with Gasteiger partial charge in [0, 0.05) is 30.6 Å². The Morgan fingerprint density at radius 1 is 1.30 bits per heavy atom. The summed E-state index contributed by atoms with van der Waals surface area (Å²) in [6.07, 6.45) is 0.425. The second-order valence-electron chi connectivity index (χ2n) is 5.41. The Labute approximate surface area is 139 Å². The highest BCUT2D eigenvalue weighted by Crippen LogP contribution is 2.38. The molecule has 2 aromatic rings. The van der Waals surface area contributed by atoms with Crippen LogP contribution in [0.4, 0.5) is 9.39 Å². The van der Waals surface area contributed by atoms with Crippen LogP contribution < -0.4 is 9.64 Å². The van der Waals surface area contributed by atoms with Gasteiger partial charge in [-0.2, -0.15) is 0 Å². The minimum Gasteiger partial charge on any atom is -0.493 e. The van der Waals surface area contributed by atoms with Crippen LogP contribution in [0.15, 0.2) is 23.6 Å². The second-order valence-corrected chi connectivity index (χ2v) is 6.29. The lowest BCUT2D eigenvalue weighted by Gasteiger charge is -2.27. The highest BCUT2D eigenvalue weighted by Gasteiger charge is 2.18. The molecule has 124 valence electrons. The molecule has 1 saturated heterocycles. The third kappa shape index (κ3) is 3.49. The third-order valence-corrected chi connectivity index (χ3v) is 4.92. The molecule has 0 spiro atoms. The number of thiophene rings is 1. The molecule has 6 heteroatoms. The van der Waals surface area contributed by atoms with Gasteiger partial charge in [0.2, 0.25) is 0 Å². The second kappa shape index (κ2) is 7.29. The van der Waals surface area contributed by atoms with Crippen LogP contribution in [0.3, 0.4) is 0 Å². The van der Waals surface area contributed by atoms with Gasteiger partial charge in [0.25, 0.3) is 0 Å². The minimum absolute atomic E-state index is 0.00608. The molecule has 0 radical (unpaired) electrons. The first-order valence-electron chi connectivity index (χ1n) is 7.62. The Kier molecular flexibility index (Phi) is 5.15. The van der Waals surface area contributed by atoms with E-state index >= 15 is 0 Å². The van der Waals surface area contributed by atoms with E-state index in [1.165, 1.54) is 13.2 Å². The highest BCUT2D eigenvalue weighted by atomic mass is 32.1. The third-order valence-electron chi connectivity index (χ3n) is 3.93. The topological polar surface area (TPSA) is 41.9 Å². The van der Waals surface area contributed by atoms with Crippen molar-refractivity contribution in [3.63, 3.8) is 0 Å². The number of hydrogen-bond donors (Lipinski definition) is 1. The van der Waals surface area contributed by atoms with Crippen LogP contribution in [0.25, 0.3) is 11.1 Å². The number of benzene rings is 1. The minimum atomic E-state index is -0.396. The van der Waals surface area contributed by atoms with E-state index in [1.807, 2.05) is 11.4 Å². The Morgan fingerprint density at radius 2 is 2.09 bits per heavy atom. The maximum atomic E-state index is 14.3. The molecule has 0 unspecified atom stereocenters. The molecule has 0 amide bonds. The number of hydrogen-bond acceptors (Lipinski definition) is 5. The van der Waals surface area contributed by atoms with Gasteiger partial charge in [0.15, 0.2) is 11.6 Å². The number of halogens is 1. The number of aliphatic hydroxyl groups is 1. The van der Waals surface area contributed by atoms with E-state index in [2.05, 4.69) is 11.0 Å². The number of methoxy groups -OCH3 is 1. The van der Waals surface area contributed by atoms with Crippen molar-refractivity contribution in [2.45, 2.75) is 6.42 Å². The Morgan fingerprint density at radius 3 is 2.78 bits per heavy atom. The van der Waals surface area contributed by atoms with Gasteiger partial charge in [-0.15, -0.1) is 11.3 Å². The largest absolute Gasteiger partial charge is 0.493 e. The lowest BCUT2D eigenvalue weighted by Crippen LogP contribution is -2.35. The van der Waals surface area contributed by atoms with Crippen LogP contribution in [-0.4, -0.2) is 45.1 Å². The van der Waals surface area contributed by atoms with Crippen molar-refractivity contribution in [1.82, 2.24) is 0 Å². The fourth-order valence-electron chi connectivity index (χ4n) is 2.76. The van der Waals surface area contributed by atoms with E-state index in [0.717, 1.165) is 48.0 Å². The molecule has 0 atom stereocenters. The van der Waals surface area contributed by atoms with Crippen molar-refractivity contribution in [3.05, 3.63) is 35.0 Å². The summed E-state index contributed by atoms with van der Waals surface area (Å²) in [5.74, 6) is -0.148. The van der Waals surface area contributed by atoms with Crippen molar-refractivity contribution in [2.75, 3.05) is 44.9 Å². The first kappa shape index (κ1) is 16.2. The number of nitrogens with zero attached hydrogens (tertiary/aromatic N) is 1. The average molecular weight is 337 g/mol. The first-order valence-corrected chi connectivity index (χ1v) is 8.49. The van der Waals surface area contributed by atoms with Crippen LogP contribution in [0, 0.1) is 5.82 Å². The molecule has 23 heavy (non-hydrogen) atoms. The van der Waals surface area contributed by atoms with Crippen molar-refractivity contribution < 1.29 is 19.0 Å². The number of ether oxygens (including phenoxy) is 2. The Balaban J connectivity index is 1.95. The molecule has 1 aromatic carbocycles. The van der Waals surface area contributed by atoms with Gasteiger partial charge in [-0.3, -0.25) is 0 Å². The normalized spacial score (nSPS) is 15.0. The van der Waals surface area contributed by atoms with Gasteiger partial charge in [-0.1, -0.05) is 0 Å². The van der Waals surface area contributed by atoms with Gasteiger partial charge in [-0.05, 0) is 35.7 Å². The highest BCUT2D eigenvalue weighted by molar-refractivity contribution is 7.14. The van der Waals surface area contributed by atoms with Gasteiger partial charge < -0.3 is 19.5 Å². The summed E-state index contributed by atoms with van der Waals surface area (Å²) in [6, 6.07) is 5.38. The van der Waals surface area contributed by atoms with E-state index in [4.69, 9.17) is 14.6 Å². The lowest BCUT2D eigenvalue weighted by atomic mass is 10.0. The quantitative estimate of drug-likeness (QED) is 0.911. The van der Waals surface area contributed by atoms with E-state index in [9.17, 15) is 4.39 Å². The fourth-order valence-corrected chi connectivity index (χ4v) is 3.73. The molecule has 1 fully saturated rings. The molecule has 1 aliphatic rings. The summed E-state index contributed by atoms with van der Waals surface area (Å²) in [6.45, 7) is 3.20. The number of morpholine rings is 1. The predicted molar refractivity (Wildman–Crippen MR) is 90.1 cm³/mol. The number of aliphatic hydroxyl groups excluding tert-OH is 1. The smallest absolute Gasteiger partial charge is 0.165 e. The maximum absolute atomic E-state index is 14.3. The summed E-state index contributed by atoms with van der Waals surface area (Å²) < 4.78 is 24.9. The zero-order chi connectivity index (χ0) is 16.2. The van der Waals surface area contributed by atoms with Gasteiger partial charge >= 0.3 is 0 Å². The van der Waals surface area contributed by atoms with Crippen molar-refractivity contribution >= 4 is 16.3 Å². The molecule has 0 bridgehead atoms. The number of rotatable bonds is 5. The zero-order valence-corrected chi connectivity index (χ0v) is 13.9. The molecule has 0 aliphatic carbocycles. The molecule has 1 N–H and O–H groups in total. The summed E-state index contributed by atoms with van der Waals surface area (Å²) in [5.41, 5.74) is 2.43. The van der Waals surface area contributed by atoms with Crippen molar-refractivity contribution in [1.29, 1.82) is 0 Å². The van der Waals surface area contributed by atoms with Crippen molar-refractivity contribution in [3.8, 4) is 16.9 Å². The van der Waals surface area contributed by atoms with Gasteiger partial charge in [0.1, 0.15) is 0 Å². The predicted octanol–water partition coefficient (Wildman–Crippen LogP) is 2.93.